The fourth-order valence-corrected chi connectivity index (χ4v) is 3.81. The minimum absolute atomic E-state index is 0.0521. The third-order valence-corrected chi connectivity index (χ3v) is 5.20. The predicted molar refractivity (Wildman–Crippen MR) is 104 cm³/mol. The number of rotatable bonds is 5. The molecule has 1 aliphatic heterocycles. The number of carbonyl (C=O) groups is 1. The number of aliphatic carboxylic acids is 1. The van der Waals surface area contributed by atoms with Gasteiger partial charge in [-0.15, -0.1) is 5.10 Å². The van der Waals surface area contributed by atoms with Gasteiger partial charge >= 0.3 is 5.97 Å². The molecule has 2 aromatic heterocycles. The monoisotopic (exact) mass is 398 g/mol. The quantitative estimate of drug-likeness (QED) is 0.710. The van der Waals surface area contributed by atoms with Gasteiger partial charge in [-0.3, -0.25) is 14.4 Å². The number of likely N-dealkylation sites (tertiary alicyclic amines) is 1. The molecule has 1 atom stereocenters. The van der Waals surface area contributed by atoms with Gasteiger partial charge in [-0.2, -0.15) is 5.10 Å². The van der Waals surface area contributed by atoms with Gasteiger partial charge in [0.2, 0.25) is 0 Å². The van der Waals surface area contributed by atoms with Gasteiger partial charge in [-0.05, 0) is 44.5 Å². The van der Waals surface area contributed by atoms with E-state index >= 15 is 0 Å². The highest BCUT2D eigenvalue weighted by molar-refractivity contribution is 5.69. The first kappa shape index (κ1) is 19.3. The van der Waals surface area contributed by atoms with E-state index < -0.39 is 5.97 Å². The summed E-state index contributed by atoms with van der Waals surface area (Å²) >= 11 is 0. The van der Waals surface area contributed by atoms with E-state index in [2.05, 4.69) is 10.2 Å². The molecule has 0 aliphatic carbocycles. The molecule has 0 bridgehead atoms. The Balaban J connectivity index is 1.68. The average Bonchev–Trinajstić information content (AvgIpc) is 3.23. The fraction of sp³-hybridized carbons (Fsp3) is 0.400. The van der Waals surface area contributed by atoms with E-state index in [0.717, 1.165) is 37.3 Å². The first-order valence-electron chi connectivity index (χ1n) is 9.65. The van der Waals surface area contributed by atoms with Crippen LogP contribution in [0.25, 0.3) is 17.1 Å². The van der Waals surface area contributed by atoms with Crippen LogP contribution in [0.2, 0.25) is 0 Å². The van der Waals surface area contributed by atoms with Gasteiger partial charge in [0.15, 0.2) is 5.82 Å². The van der Waals surface area contributed by atoms with Crippen molar-refractivity contribution in [1.29, 1.82) is 0 Å². The van der Waals surface area contributed by atoms with Gasteiger partial charge in [-0.25, -0.2) is 14.1 Å². The van der Waals surface area contributed by atoms with Crippen molar-refractivity contribution in [1.82, 2.24) is 29.4 Å². The smallest absolute Gasteiger partial charge is 0.317 e. The average molecular weight is 398 g/mol. The maximum atomic E-state index is 13.7. The first-order chi connectivity index (χ1) is 14.0. The van der Waals surface area contributed by atoms with Gasteiger partial charge < -0.3 is 5.11 Å². The second kappa shape index (κ2) is 8.12. The standard InChI is InChI=1S/C20H23FN6O2/c1-25-12-17(11-22-25)27-20(14-5-3-8-26(9-7-14)13-18(28)29)23-19(24-27)15-4-2-6-16(21)10-15/h2,4,6,10-12,14H,3,5,7-9,13H2,1H3,(H,28,29). The van der Waals surface area contributed by atoms with Crippen LogP contribution in [0, 0.1) is 5.82 Å². The molecule has 1 N–H and O–H groups in total. The molecule has 29 heavy (non-hydrogen) atoms. The van der Waals surface area contributed by atoms with Crippen LogP contribution in [-0.2, 0) is 11.8 Å². The Morgan fingerprint density at radius 1 is 1.31 bits per heavy atom. The van der Waals surface area contributed by atoms with Crippen molar-refractivity contribution in [2.45, 2.75) is 25.2 Å². The van der Waals surface area contributed by atoms with Crippen molar-refractivity contribution in [3.8, 4) is 17.1 Å². The molecule has 8 nitrogen and oxygen atoms in total. The summed E-state index contributed by atoms with van der Waals surface area (Å²) < 4.78 is 17.2. The topological polar surface area (TPSA) is 89.1 Å². The molecular weight excluding hydrogens is 375 g/mol. The van der Waals surface area contributed by atoms with Crippen LogP contribution in [0.5, 0.6) is 0 Å². The van der Waals surface area contributed by atoms with E-state index in [0.29, 0.717) is 17.9 Å². The molecule has 4 rings (SSSR count). The Morgan fingerprint density at radius 2 is 2.17 bits per heavy atom. The summed E-state index contributed by atoms with van der Waals surface area (Å²) in [6.45, 7) is 1.49. The van der Waals surface area contributed by atoms with Crippen LogP contribution in [-0.4, -0.2) is 60.2 Å². The lowest BCUT2D eigenvalue weighted by atomic mass is 10.00. The van der Waals surface area contributed by atoms with Gasteiger partial charge in [0, 0.05) is 18.5 Å². The van der Waals surface area contributed by atoms with Crippen LogP contribution in [0.1, 0.15) is 31.0 Å². The molecule has 3 heterocycles. The molecule has 0 radical (unpaired) electrons. The van der Waals surface area contributed by atoms with Gasteiger partial charge in [-0.1, -0.05) is 12.1 Å². The van der Waals surface area contributed by atoms with E-state index in [-0.39, 0.29) is 18.3 Å². The number of carboxylic acid groups (broad SMARTS) is 1. The van der Waals surface area contributed by atoms with Crippen LogP contribution in [0.3, 0.4) is 0 Å². The molecule has 0 amide bonds. The molecule has 152 valence electrons. The van der Waals surface area contributed by atoms with Gasteiger partial charge in [0.05, 0.1) is 18.9 Å². The number of nitrogens with zero attached hydrogens (tertiary/aromatic N) is 6. The van der Waals surface area contributed by atoms with E-state index in [1.807, 2.05) is 18.1 Å². The Labute approximate surface area is 167 Å². The molecule has 1 aliphatic rings. The second-order valence-electron chi connectivity index (χ2n) is 7.39. The minimum Gasteiger partial charge on any atom is -0.480 e. The summed E-state index contributed by atoms with van der Waals surface area (Å²) in [6.07, 6.45) is 6.14. The van der Waals surface area contributed by atoms with E-state index in [1.165, 1.54) is 12.1 Å². The molecule has 1 fully saturated rings. The first-order valence-corrected chi connectivity index (χ1v) is 9.65. The van der Waals surface area contributed by atoms with Crippen molar-refractivity contribution >= 4 is 5.97 Å². The number of hydrogen-bond donors (Lipinski definition) is 1. The van der Waals surface area contributed by atoms with E-state index in [9.17, 15) is 9.18 Å². The highest BCUT2D eigenvalue weighted by Gasteiger charge is 2.26. The molecule has 0 saturated carbocycles. The van der Waals surface area contributed by atoms with Gasteiger partial charge in [0.1, 0.15) is 17.3 Å². The maximum Gasteiger partial charge on any atom is 0.317 e. The summed E-state index contributed by atoms with van der Waals surface area (Å²) in [6, 6.07) is 6.25. The molecular formula is C20H23FN6O2. The highest BCUT2D eigenvalue weighted by Crippen LogP contribution is 2.30. The van der Waals surface area contributed by atoms with Crippen molar-refractivity contribution < 1.29 is 14.3 Å². The summed E-state index contributed by atoms with van der Waals surface area (Å²) in [5.74, 6) is 0.254. The lowest BCUT2D eigenvalue weighted by molar-refractivity contribution is -0.138. The third kappa shape index (κ3) is 4.34. The zero-order chi connectivity index (χ0) is 20.4. The lowest BCUT2D eigenvalue weighted by Gasteiger charge is -2.17. The highest BCUT2D eigenvalue weighted by atomic mass is 19.1. The number of hydrogen-bond acceptors (Lipinski definition) is 5. The lowest BCUT2D eigenvalue weighted by Crippen LogP contribution is -2.30. The molecule has 9 heteroatoms. The summed E-state index contributed by atoms with van der Waals surface area (Å²) in [5, 5.41) is 18.0. The van der Waals surface area contributed by atoms with Crippen LogP contribution in [0.15, 0.2) is 36.7 Å². The summed E-state index contributed by atoms with van der Waals surface area (Å²) in [5.41, 5.74) is 1.42. The number of aryl methyl sites for hydroxylation is 1. The zero-order valence-electron chi connectivity index (χ0n) is 16.2. The molecule has 1 aromatic carbocycles. The third-order valence-electron chi connectivity index (χ3n) is 5.20. The maximum absolute atomic E-state index is 13.7. The SMILES string of the molecule is Cn1cc(-n2nc(-c3cccc(F)c3)nc2C2CCCN(CC(=O)O)CC2)cn1. The zero-order valence-corrected chi connectivity index (χ0v) is 16.2. The number of halogens is 1. The van der Waals surface area contributed by atoms with Crippen molar-refractivity contribution in [3.05, 3.63) is 48.3 Å². The fourth-order valence-electron chi connectivity index (χ4n) is 3.81. The Kier molecular flexibility index (Phi) is 5.39. The molecule has 0 spiro atoms. The van der Waals surface area contributed by atoms with Gasteiger partial charge in [0.25, 0.3) is 0 Å². The summed E-state index contributed by atoms with van der Waals surface area (Å²) in [7, 11) is 1.84. The Morgan fingerprint density at radius 3 is 2.90 bits per heavy atom. The van der Waals surface area contributed by atoms with Crippen LogP contribution >= 0.6 is 0 Å². The summed E-state index contributed by atoms with van der Waals surface area (Å²) in [4.78, 5) is 17.8. The van der Waals surface area contributed by atoms with Crippen molar-refractivity contribution in [3.63, 3.8) is 0 Å². The second-order valence-corrected chi connectivity index (χ2v) is 7.39. The minimum atomic E-state index is -0.810. The molecule has 1 saturated heterocycles. The normalized spacial score (nSPS) is 17.9. The largest absolute Gasteiger partial charge is 0.480 e. The van der Waals surface area contributed by atoms with E-state index in [4.69, 9.17) is 10.1 Å². The van der Waals surface area contributed by atoms with Crippen molar-refractivity contribution in [2.75, 3.05) is 19.6 Å². The number of carboxylic acids is 1. The molecule has 3 aromatic rings. The molecule has 1 unspecified atom stereocenters. The number of aromatic nitrogens is 5. The van der Waals surface area contributed by atoms with Crippen LogP contribution in [0.4, 0.5) is 4.39 Å². The van der Waals surface area contributed by atoms with Crippen molar-refractivity contribution in [2.24, 2.45) is 7.05 Å². The van der Waals surface area contributed by atoms with E-state index in [1.54, 1.807) is 27.7 Å². The van der Waals surface area contributed by atoms with Crippen LogP contribution < -0.4 is 0 Å². The predicted octanol–water partition coefficient (Wildman–Crippen LogP) is 2.46. The number of benzene rings is 1. The Bertz CT molecular complexity index is 1010. The Hall–Kier alpha value is -3.07.